The molecule has 2 aliphatic rings. The molecule has 2 aliphatic heterocycles. The summed E-state index contributed by atoms with van der Waals surface area (Å²) in [6, 6.07) is 8.17. The van der Waals surface area contributed by atoms with Crippen LogP contribution in [0.1, 0.15) is 25.3 Å². The monoisotopic (exact) mass is 331 g/mol. The smallest absolute Gasteiger partial charge is 0.321 e. The van der Waals surface area contributed by atoms with Crippen molar-refractivity contribution in [2.45, 2.75) is 26.2 Å². The number of benzene rings is 1. The molecule has 2 saturated heterocycles. The molecule has 3 rings (SSSR count). The zero-order valence-electron chi connectivity index (χ0n) is 14.7. The average molecular weight is 331 g/mol. The Bertz CT molecular complexity index is 543. The number of aryl methyl sites for hydroxylation is 1. The minimum Gasteiger partial charge on any atom is -0.379 e. The van der Waals surface area contributed by atoms with Crippen LogP contribution in [0.4, 0.5) is 10.5 Å². The number of hydrogen-bond donors (Lipinski definition) is 1. The number of likely N-dealkylation sites (tertiary alicyclic amines) is 1. The highest BCUT2D eigenvalue weighted by Gasteiger charge is 2.28. The van der Waals surface area contributed by atoms with E-state index in [0.717, 1.165) is 70.9 Å². The van der Waals surface area contributed by atoms with Crippen LogP contribution in [0, 0.1) is 5.92 Å². The quantitative estimate of drug-likeness (QED) is 0.902. The molecule has 1 N–H and O–H groups in total. The lowest BCUT2D eigenvalue weighted by Crippen LogP contribution is -2.40. The maximum Gasteiger partial charge on any atom is 0.321 e. The number of nitrogens with zero attached hydrogens (tertiary/aromatic N) is 2. The number of carbonyl (C=O) groups excluding carboxylic acids is 1. The topological polar surface area (TPSA) is 44.8 Å². The van der Waals surface area contributed by atoms with Gasteiger partial charge < -0.3 is 15.0 Å². The molecule has 0 bridgehead atoms. The molecule has 1 aromatic rings. The van der Waals surface area contributed by atoms with Crippen molar-refractivity contribution in [2.75, 3.05) is 51.3 Å². The third-order valence-corrected chi connectivity index (χ3v) is 4.97. The number of para-hydroxylation sites is 1. The normalized spacial score (nSPS) is 21.9. The second-order valence-corrected chi connectivity index (χ2v) is 6.85. The molecule has 2 fully saturated rings. The number of urea groups is 1. The molecular weight excluding hydrogens is 302 g/mol. The van der Waals surface area contributed by atoms with Gasteiger partial charge in [0.1, 0.15) is 0 Å². The molecule has 1 aromatic carbocycles. The summed E-state index contributed by atoms with van der Waals surface area (Å²) in [5, 5.41) is 3.11. The fraction of sp³-hybridized carbons (Fsp3) is 0.632. The number of nitrogens with one attached hydrogen (secondary N) is 1. The van der Waals surface area contributed by atoms with Crippen LogP contribution in [0.5, 0.6) is 0 Å². The Morgan fingerprint density at radius 1 is 1.25 bits per heavy atom. The lowest BCUT2D eigenvalue weighted by atomic mass is 10.1. The van der Waals surface area contributed by atoms with Gasteiger partial charge in [-0.15, -0.1) is 0 Å². The van der Waals surface area contributed by atoms with Crippen LogP contribution in [0.15, 0.2) is 24.3 Å². The molecular formula is C19H29N3O2. The number of amides is 2. The van der Waals surface area contributed by atoms with E-state index in [0.29, 0.717) is 5.92 Å². The van der Waals surface area contributed by atoms with Gasteiger partial charge in [0.2, 0.25) is 0 Å². The largest absolute Gasteiger partial charge is 0.379 e. The molecule has 132 valence electrons. The van der Waals surface area contributed by atoms with Gasteiger partial charge in [-0.05, 0) is 30.4 Å². The molecule has 0 aliphatic carbocycles. The van der Waals surface area contributed by atoms with Gasteiger partial charge >= 0.3 is 6.03 Å². The van der Waals surface area contributed by atoms with E-state index in [4.69, 9.17) is 4.74 Å². The highest BCUT2D eigenvalue weighted by molar-refractivity contribution is 5.90. The van der Waals surface area contributed by atoms with E-state index in [-0.39, 0.29) is 6.03 Å². The zero-order chi connectivity index (χ0) is 16.8. The van der Waals surface area contributed by atoms with Crippen molar-refractivity contribution < 1.29 is 9.53 Å². The Hall–Kier alpha value is -1.59. The summed E-state index contributed by atoms with van der Waals surface area (Å²) >= 11 is 0. The van der Waals surface area contributed by atoms with E-state index in [2.05, 4.69) is 23.2 Å². The van der Waals surface area contributed by atoms with E-state index in [1.165, 1.54) is 5.56 Å². The molecule has 1 atom stereocenters. The van der Waals surface area contributed by atoms with Gasteiger partial charge in [0.05, 0.1) is 13.2 Å². The first-order chi connectivity index (χ1) is 11.8. The van der Waals surface area contributed by atoms with Crippen LogP contribution in [0.3, 0.4) is 0 Å². The molecule has 0 unspecified atom stereocenters. The minimum atomic E-state index is 0.0445. The molecule has 24 heavy (non-hydrogen) atoms. The van der Waals surface area contributed by atoms with Crippen molar-refractivity contribution in [1.82, 2.24) is 9.80 Å². The summed E-state index contributed by atoms with van der Waals surface area (Å²) in [6.07, 6.45) is 3.18. The maximum absolute atomic E-state index is 12.6. The van der Waals surface area contributed by atoms with Crippen LogP contribution in [-0.4, -0.2) is 61.8 Å². The Morgan fingerprint density at radius 3 is 2.83 bits per heavy atom. The molecule has 2 amide bonds. The summed E-state index contributed by atoms with van der Waals surface area (Å²) in [5.74, 6) is 0.583. The zero-order valence-corrected chi connectivity index (χ0v) is 14.7. The first-order valence-electron chi connectivity index (χ1n) is 9.20. The Kier molecular flexibility index (Phi) is 6.10. The molecule has 0 spiro atoms. The summed E-state index contributed by atoms with van der Waals surface area (Å²) in [7, 11) is 0. The first-order valence-corrected chi connectivity index (χ1v) is 9.20. The predicted octanol–water partition coefficient (Wildman–Crippen LogP) is 2.83. The van der Waals surface area contributed by atoms with E-state index < -0.39 is 0 Å². The lowest BCUT2D eigenvalue weighted by Gasteiger charge is -2.29. The standard InChI is InChI=1S/C19H29N3O2/c1-2-5-17-6-3-4-7-18(17)20-19(23)22-9-8-16(15-22)14-21-10-12-24-13-11-21/h3-4,6-7,16H,2,5,8-15H2,1H3,(H,20,23)/t16-/m1/s1. The minimum absolute atomic E-state index is 0.0445. The van der Waals surface area contributed by atoms with Crippen molar-refractivity contribution >= 4 is 11.7 Å². The third-order valence-electron chi connectivity index (χ3n) is 4.97. The second-order valence-electron chi connectivity index (χ2n) is 6.85. The summed E-state index contributed by atoms with van der Waals surface area (Å²) < 4.78 is 5.40. The van der Waals surface area contributed by atoms with Gasteiger partial charge in [-0.2, -0.15) is 0 Å². The van der Waals surface area contributed by atoms with E-state index in [1.54, 1.807) is 0 Å². The molecule has 2 heterocycles. The number of hydrogen-bond acceptors (Lipinski definition) is 3. The predicted molar refractivity (Wildman–Crippen MR) is 96.4 cm³/mol. The highest BCUT2D eigenvalue weighted by atomic mass is 16.5. The number of ether oxygens (including phenoxy) is 1. The number of rotatable bonds is 5. The summed E-state index contributed by atoms with van der Waals surface area (Å²) in [5.41, 5.74) is 2.18. The molecule has 5 heteroatoms. The third kappa shape index (κ3) is 4.48. The maximum atomic E-state index is 12.6. The number of carbonyl (C=O) groups is 1. The number of morpholine rings is 1. The Morgan fingerprint density at radius 2 is 2.04 bits per heavy atom. The SMILES string of the molecule is CCCc1ccccc1NC(=O)N1CC[C@H](CN2CCOCC2)C1. The van der Waals surface area contributed by atoms with Gasteiger partial charge in [-0.3, -0.25) is 4.90 Å². The van der Waals surface area contributed by atoms with Crippen molar-refractivity contribution in [2.24, 2.45) is 5.92 Å². The fourth-order valence-electron chi connectivity index (χ4n) is 3.64. The van der Waals surface area contributed by atoms with Gasteiger partial charge in [-0.25, -0.2) is 4.79 Å². The van der Waals surface area contributed by atoms with Crippen molar-refractivity contribution in [1.29, 1.82) is 0 Å². The van der Waals surface area contributed by atoms with E-state index >= 15 is 0 Å². The fourth-order valence-corrected chi connectivity index (χ4v) is 3.64. The second kappa shape index (κ2) is 8.49. The van der Waals surface area contributed by atoms with Crippen LogP contribution in [0.25, 0.3) is 0 Å². The molecule has 0 radical (unpaired) electrons. The van der Waals surface area contributed by atoms with Gasteiger partial charge in [0, 0.05) is 38.4 Å². The van der Waals surface area contributed by atoms with Crippen LogP contribution >= 0.6 is 0 Å². The number of anilines is 1. The lowest BCUT2D eigenvalue weighted by molar-refractivity contribution is 0.0314. The van der Waals surface area contributed by atoms with Crippen molar-refractivity contribution in [3.05, 3.63) is 29.8 Å². The van der Waals surface area contributed by atoms with E-state index in [9.17, 15) is 4.79 Å². The highest BCUT2D eigenvalue weighted by Crippen LogP contribution is 2.21. The van der Waals surface area contributed by atoms with Gasteiger partial charge in [-0.1, -0.05) is 31.5 Å². The molecule has 5 nitrogen and oxygen atoms in total. The Labute approximate surface area is 145 Å². The average Bonchev–Trinajstić information content (AvgIpc) is 3.06. The summed E-state index contributed by atoms with van der Waals surface area (Å²) in [4.78, 5) is 17.0. The van der Waals surface area contributed by atoms with Gasteiger partial charge in [0.25, 0.3) is 0 Å². The van der Waals surface area contributed by atoms with Gasteiger partial charge in [0.15, 0.2) is 0 Å². The summed E-state index contributed by atoms with van der Waals surface area (Å²) in [6.45, 7) is 8.68. The van der Waals surface area contributed by atoms with Crippen molar-refractivity contribution in [3.8, 4) is 0 Å². The van der Waals surface area contributed by atoms with Crippen LogP contribution in [-0.2, 0) is 11.2 Å². The first kappa shape index (κ1) is 17.2. The van der Waals surface area contributed by atoms with Crippen molar-refractivity contribution in [3.63, 3.8) is 0 Å². The molecule has 0 aromatic heterocycles. The Balaban J connectivity index is 1.51. The van der Waals surface area contributed by atoms with Crippen LogP contribution < -0.4 is 5.32 Å². The molecule has 0 saturated carbocycles. The van der Waals surface area contributed by atoms with E-state index in [1.807, 2.05) is 23.1 Å². The van der Waals surface area contributed by atoms with Crippen LogP contribution in [0.2, 0.25) is 0 Å².